The van der Waals surface area contributed by atoms with Crippen molar-refractivity contribution in [3.63, 3.8) is 0 Å². The lowest BCUT2D eigenvalue weighted by Gasteiger charge is -2.26. The van der Waals surface area contributed by atoms with Gasteiger partial charge in [-0.2, -0.15) is 0 Å². The van der Waals surface area contributed by atoms with Crippen molar-refractivity contribution in [1.82, 2.24) is 4.57 Å². The van der Waals surface area contributed by atoms with Crippen molar-refractivity contribution in [2.75, 3.05) is 4.90 Å². The summed E-state index contributed by atoms with van der Waals surface area (Å²) in [4.78, 5) is 2.41. The maximum atomic E-state index is 6.32. The molecule has 0 aliphatic heterocycles. The lowest BCUT2D eigenvalue weighted by molar-refractivity contribution is 0.669. The molecule has 0 fully saturated rings. The summed E-state index contributed by atoms with van der Waals surface area (Å²) in [5.41, 5.74) is 11.1. The van der Waals surface area contributed by atoms with Crippen molar-refractivity contribution < 1.29 is 4.42 Å². The fraction of sp³-hybridized carbons (Fsp3) is 0. The Hall–Kier alpha value is -6.62. The van der Waals surface area contributed by atoms with E-state index >= 15 is 0 Å². The van der Waals surface area contributed by atoms with E-state index in [1.807, 2.05) is 23.5 Å². The number of para-hydroxylation sites is 2. The second-order valence-corrected chi connectivity index (χ2v) is 14.4. The largest absolute Gasteiger partial charge is 0.456 e. The molecule has 0 saturated heterocycles. The summed E-state index contributed by atoms with van der Waals surface area (Å²) in [6, 6.07) is 65.5. The lowest BCUT2D eigenvalue weighted by atomic mass is 10.0. The smallest absolute Gasteiger partial charge is 0.136 e. The molecule has 0 amide bonds. The van der Waals surface area contributed by atoms with Crippen LogP contribution in [0.3, 0.4) is 0 Å². The topological polar surface area (TPSA) is 21.3 Å². The lowest BCUT2D eigenvalue weighted by Crippen LogP contribution is -2.10. The monoisotopic (exact) mass is 682 g/mol. The van der Waals surface area contributed by atoms with Gasteiger partial charge in [0.2, 0.25) is 0 Å². The molecule has 0 spiro atoms. The van der Waals surface area contributed by atoms with Gasteiger partial charge in [0, 0.05) is 54.1 Å². The van der Waals surface area contributed by atoms with E-state index in [0.29, 0.717) is 0 Å². The first-order valence-electron chi connectivity index (χ1n) is 17.6. The average Bonchev–Trinajstić information content (AvgIpc) is 3.88. The van der Waals surface area contributed by atoms with Gasteiger partial charge in [-0.1, -0.05) is 109 Å². The van der Waals surface area contributed by atoms with Crippen LogP contribution >= 0.6 is 11.3 Å². The van der Waals surface area contributed by atoms with Crippen LogP contribution in [0.4, 0.5) is 17.1 Å². The molecule has 0 saturated carbocycles. The third kappa shape index (κ3) is 4.45. The van der Waals surface area contributed by atoms with Crippen molar-refractivity contribution in [3.8, 4) is 16.8 Å². The predicted octanol–water partition coefficient (Wildman–Crippen LogP) is 14.2. The number of fused-ring (bicyclic) bond motifs is 9. The maximum absolute atomic E-state index is 6.32. The first-order chi connectivity index (χ1) is 25.8. The third-order valence-corrected chi connectivity index (χ3v) is 11.6. The van der Waals surface area contributed by atoms with E-state index in [1.165, 1.54) is 53.3 Å². The Balaban J connectivity index is 1.10. The Morgan fingerprint density at radius 3 is 1.90 bits per heavy atom. The van der Waals surface area contributed by atoms with Gasteiger partial charge in [-0.25, -0.2) is 0 Å². The van der Waals surface area contributed by atoms with Gasteiger partial charge in [0.1, 0.15) is 11.2 Å². The normalized spacial score (nSPS) is 11.8. The molecule has 0 aliphatic rings. The van der Waals surface area contributed by atoms with Crippen molar-refractivity contribution in [1.29, 1.82) is 0 Å². The fourth-order valence-electron chi connectivity index (χ4n) is 7.98. The molecule has 3 heterocycles. The predicted molar refractivity (Wildman–Crippen MR) is 221 cm³/mol. The van der Waals surface area contributed by atoms with Crippen molar-refractivity contribution in [3.05, 3.63) is 182 Å². The second kappa shape index (κ2) is 11.5. The van der Waals surface area contributed by atoms with Crippen molar-refractivity contribution >= 4 is 92.3 Å². The number of aromatic nitrogens is 1. The molecule has 3 nitrogen and oxygen atoms in total. The summed E-state index contributed by atoms with van der Waals surface area (Å²) in [7, 11) is 0. The van der Waals surface area contributed by atoms with Gasteiger partial charge in [-0.15, -0.1) is 11.3 Å². The average molecular weight is 683 g/mol. The number of hydrogen-bond donors (Lipinski definition) is 0. The molecule has 244 valence electrons. The van der Waals surface area contributed by atoms with E-state index < -0.39 is 0 Å². The maximum Gasteiger partial charge on any atom is 0.136 e. The molecular formula is C48H30N2OS. The second-order valence-electron chi connectivity index (χ2n) is 13.3. The summed E-state index contributed by atoms with van der Waals surface area (Å²) in [5, 5.41) is 7.23. The molecule has 0 bridgehead atoms. The highest BCUT2D eigenvalue weighted by Crippen LogP contribution is 2.45. The van der Waals surface area contributed by atoms with Crippen LogP contribution in [0.5, 0.6) is 0 Å². The molecule has 3 aromatic heterocycles. The summed E-state index contributed by atoms with van der Waals surface area (Å²) in [5.74, 6) is 0. The first-order valence-corrected chi connectivity index (χ1v) is 18.4. The molecule has 0 unspecified atom stereocenters. The van der Waals surface area contributed by atoms with Gasteiger partial charge >= 0.3 is 0 Å². The molecule has 8 aromatic carbocycles. The zero-order chi connectivity index (χ0) is 34.2. The van der Waals surface area contributed by atoms with Gasteiger partial charge in [-0.05, 0) is 83.9 Å². The van der Waals surface area contributed by atoms with Crippen LogP contribution < -0.4 is 4.90 Å². The van der Waals surface area contributed by atoms with Crippen LogP contribution in [0, 0.1) is 0 Å². The number of benzene rings is 8. The number of anilines is 3. The summed E-state index contributed by atoms with van der Waals surface area (Å²) >= 11 is 1.86. The van der Waals surface area contributed by atoms with Gasteiger partial charge < -0.3 is 13.9 Å². The molecule has 0 aliphatic carbocycles. The van der Waals surface area contributed by atoms with E-state index in [0.717, 1.165) is 44.5 Å². The van der Waals surface area contributed by atoms with E-state index in [9.17, 15) is 0 Å². The van der Waals surface area contributed by atoms with Crippen molar-refractivity contribution in [2.24, 2.45) is 0 Å². The zero-order valence-electron chi connectivity index (χ0n) is 28.0. The molecule has 0 radical (unpaired) electrons. The highest BCUT2D eigenvalue weighted by atomic mass is 32.1. The molecule has 0 N–H and O–H groups in total. The number of furan rings is 1. The van der Waals surface area contributed by atoms with Crippen LogP contribution in [0.15, 0.2) is 186 Å². The Morgan fingerprint density at radius 2 is 1.08 bits per heavy atom. The van der Waals surface area contributed by atoms with Gasteiger partial charge in [0.25, 0.3) is 0 Å². The molecule has 11 rings (SSSR count). The zero-order valence-corrected chi connectivity index (χ0v) is 28.8. The SMILES string of the molecule is c1ccc(-c2ccc(N(c3ccc(-n4c5ccccc5c5cc6oc7ccccc7c6cc54)cc3)c3cccc4c3sc3ccccc34)cc2)cc1. The summed E-state index contributed by atoms with van der Waals surface area (Å²) in [6.45, 7) is 0. The Kier molecular flexibility index (Phi) is 6.42. The van der Waals surface area contributed by atoms with Crippen LogP contribution in [-0.4, -0.2) is 4.57 Å². The van der Waals surface area contributed by atoms with E-state index in [2.05, 4.69) is 179 Å². The van der Waals surface area contributed by atoms with E-state index in [1.54, 1.807) is 0 Å². The van der Waals surface area contributed by atoms with Gasteiger partial charge in [0.15, 0.2) is 0 Å². The molecule has 11 aromatic rings. The standard InChI is InChI=1S/C48H30N2OS/c1-2-11-31(12-3-1)32-21-23-33(24-22-32)49(43-18-10-16-39-38-15-6-9-20-47(38)52-48(39)43)34-25-27-35(28-26-34)50-42-17-7-4-13-36(42)40-30-46-41(29-44(40)50)37-14-5-8-19-45(37)51-46/h1-30H. The quantitative estimate of drug-likeness (QED) is 0.180. The summed E-state index contributed by atoms with van der Waals surface area (Å²) < 4.78 is 11.3. The minimum Gasteiger partial charge on any atom is -0.456 e. The van der Waals surface area contributed by atoms with E-state index in [-0.39, 0.29) is 0 Å². The Morgan fingerprint density at radius 1 is 0.423 bits per heavy atom. The number of rotatable bonds is 5. The Labute approximate surface area is 303 Å². The van der Waals surface area contributed by atoms with Crippen LogP contribution in [0.2, 0.25) is 0 Å². The van der Waals surface area contributed by atoms with Gasteiger partial charge in [-0.3, -0.25) is 0 Å². The summed E-state index contributed by atoms with van der Waals surface area (Å²) in [6.07, 6.45) is 0. The molecule has 52 heavy (non-hydrogen) atoms. The van der Waals surface area contributed by atoms with E-state index in [4.69, 9.17) is 4.42 Å². The molecular weight excluding hydrogens is 653 g/mol. The number of nitrogens with zero attached hydrogens (tertiary/aromatic N) is 2. The molecule has 4 heteroatoms. The fourth-order valence-corrected chi connectivity index (χ4v) is 9.19. The Bertz CT molecular complexity index is 3110. The number of thiophene rings is 1. The van der Waals surface area contributed by atoms with Gasteiger partial charge in [0.05, 0.1) is 21.4 Å². The van der Waals surface area contributed by atoms with Crippen molar-refractivity contribution in [2.45, 2.75) is 0 Å². The van der Waals surface area contributed by atoms with Crippen LogP contribution in [0.25, 0.3) is 80.7 Å². The minimum atomic E-state index is 0.913. The minimum absolute atomic E-state index is 0.913. The molecule has 0 atom stereocenters. The first kappa shape index (κ1) is 29.1. The third-order valence-electron chi connectivity index (χ3n) is 10.4. The van der Waals surface area contributed by atoms with Crippen LogP contribution in [0.1, 0.15) is 0 Å². The highest BCUT2D eigenvalue weighted by Gasteiger charge is 2.20. The van der Waals surface area contributed by atoms with Crippen LogP contribution in [-0.2, 0) is 0 Å². The highest BCUT2D eigenvalue weighted by molar-refractivity contribution is 7.26. The number of hydrogen-bond acceptors (Lipinski definition) is 3.